The van der Waals surface area contributed by atoms with Crippen LogP contribution >= 0.6 is 25.8 Å². The van der Waals surface area contributed by atoms with Gasteiger partial charge < -0.3 is 40.6 Å². The number of rotatable bonds is 2. The first-order chi connectivity index (χ1) is 21.3. The Hall–Kier alpha value is -2.63. The highest BCUT2D eigenvalue weighted by molar-refractivity contribution is 8.44. The summed E-state index contributed by atoms with van der Waals surface area (Å²) >= 11 is 9.29. The topological polar surface area (TPSA) is 292 Å². The summed E-state index contributed by atoms with van der Waals surface area (Å²) < 4.78 is 50.5. The van der Waals surface area contributed by atoms with E-state index in [-0.39, 0.29) is 34.1 Å². The second-order valence-electron chi connectivity index (χ2n) is 10.1. The third-order valence-corrected chi connectivity index (χ3v) is 10.5. The van der Waals surface area contributed by atoms with Crippen molar-refractivity contribution in [3.8, 4) is 0 Å². The number of hydrogen-bond donors (Lipinski definition) is 7. The molecule has 4 aromatic rings. The van der Waals surface area contributed by atoms with Crippen molar-refractivity contribution in [2.24, 2.45) is 0 Å². The number of anilines is 2. The quantitative estimate of drug-likeness (QED) is 0.0942. The maximum absolute atomic E-state index is 13.5. The zero-order valence-corrected chi connectivity index (χ0v) is 25.9. The summed E-state index contributed by atoms with van der Waals surface area (Å²) in [5, 5.41) is 22.4. The van der Waals surface area contributed by atoms with Gasteiger partial charge in [-0.15, -0.1) is 0 Å². The van der Waals surface area contributed by atoms with Crippen LogP contribution in [0.1, 0.15) is 12.5 Å². The van der Waals surface area contributed by atoms with E-state index in [4.69, 9.17) is 50.8 Å². The Bertz CT molecular complexity index is 1940. The lowest BCUT2D eigenvalue weighted by molar-refractivity contribution is -0.0588. The highest BCUT2D eigenvalue weighted by Gasteiger charge is 2.53. The Morgan fingerprint density at radius 1 is 0.933 bits per heavy atom. The largest absolute Gasteiger partial charge is 0.387 e. The number of H-pyrrole nitrogens is 1. The van der Waals surface area contributed by atoms with Crippen molar-refractivity contribution >= 4 is 71.7 Å². The summed E-state index contributed by atoms with van der Waals surface area (Å²) in [6.45, 7) is -9.68. The van der Waals surface area contributed by atoms with Crippen LogP contribution in [0, 0.1) is 0 Å². The fourth-order valence-electron chi connectivity index (χ4n) is 5.30. The Morgan fingerprint density at radius 2 is 1.62 bits per heavy atom. The van der Waals surface area contributed by atoms with Gasteiger partial charge >= 0.3 is 13.5 Å². The molecule has 0 aliphatic carbocycles. The van der Waals surface area contributed by atoms with E-state index < -0.39 is 81.4 Å². The number of nitrogen functional groups attached to an aromatic ring is 2. The van der Waals surface area contributed by atoms with Crippen LogP contribution in [0.25, 0.3) is 22.3 Å². The number of imidazole rings is 2. The molecule has 10 atom stereocenters. The van der Waals surface area contributed by atoms with Gasteiger partial charge in [0.05, 0.1) is 25.9 Å². The van der Waals surface area contributed by atoms with Crippen molar-refractivity contribution in [2.75, 3.05) is 24.7 Å². The van der Waals surface area contributed by atoms with Gasteiger partial charge in [0.1, 0.15) is 48.5 Å². The van der Waals surface area contributed by atoms with Gasteiger partial charge in [0.25, 0.3) is 5.56 Å². The van der Waals surface area contributed by atoms with Crippen molar-refractivity contribution < 1.29 is 47.2 Å². The predicted molar refractivity (Wildman–Crippen MR) is 157 cm³/mol. The third kappa shape index (κ3) is 5.56. The molecule has 2 bridgehead atoms. The molecule has 8 N–H and O–H groups in total. The number of nitrogens with zero attached hydrogens (tertiary/aromatic N) is 7. The lowest BCUT2D eigenvalue weighted by Gasteiger charge is -2.27. The lowest BCUT2D eigenvalue weighted by Crippen LogP contribution is -2.36. The Balaban J connectivity index is 1.21. The van der Waals surface area contributed by atoms with Gasteiger partial charge in [-0.25, -0.2) is 24.5 Å². The molecule has 21 nitrogen and oxygen atoms in total. The zero-order valence-electron chi connectivity index (χ0n) is 22.4. The summed E-state index contributed by atoms with van der Waals surface area (Å²) in [6, 6.07) is 0. The summed E-state index contributed by atoms with van der Waals surface area (Å²) in [5.74, 6) is -0.132. The Kier molecular flexibility index (Phi) is 7.76. The fraction of sp³-hybridized carbons (Fsp3) is 0.500. The first-order valence-electron chi connectivity index (χ1n) is 13.0. The number of aromatic nitrogens is 8. The number of thiol groups is 1. The maximum atomic E-state index is 13.5. The van der Waals surface area contributed by atoms with Crippen LogP contribution in [-0.2, 0) is 43.9 Å². The van der Waals surface area contributed by atoms with Gasteiger partial charge in [-0.2, -0.15) is 4.98 Å². The van der Waals surface area contributed by atoms with Gasteiger partial charge in [-0.3, -0.25) is 32.5 Å². The van der Waals surface area contributed by atoms with E-state index in [0.717, 1.165) is 0 Å². The molecule has 45 heavy (non-hydrogen) atoms. The molecule has 3 aliphatic heterocycles. The van der Waals surface area contributed by atoms with E-state index in [1.165, 1.54) is 28.1 Å². The van der Waals surface area contributed by atoms with Gasteiger partial charge in [0, 0.05) is 0 Å². The highest BCUT2D eigenvalue weighted by Crippen LogP contribution is 2.58. The molecule has 3 fully saturated rings. The predicted octanol–water partition coefficient (Wildman–Crippen LogP) is -1.29. The number of fused-ring (bicyclic) bond motifs is 5. The molecular formula is C20H24N10O11P2S2. The molecule has 7 rings (SSSR count). The lowest BCUT2D eigenvalue weighted by atomic mass is 10.1. The monoisotopic (exact) mass is 706 g/mol. The van der Waals surface area contributed by atoms with Crippen LogP contribution in [0.2, 0.25) is 0 Å². The summed E-state index contributed by atoms with van der Waals surface area (Å²) in [5.41, 5.74) is 11.3. The van der Waals surface area contributed by atoms with Gasteiger partial charge in [-0.1, -0.05) is 12.2 Å². The maximum Gasteiger partial charge on any atom is 0.386 e. The molecule has 0 saturated carbocycles. The van der Waals surface area contributed by atoms with Crippen molar-refractivity contribution in [3.05, 3.63) is 29.3 Å². The molecule has 0 radical (unpaired) electrons. The molecule has 0 spiro atoms. The van der Waals surface area contributed by atoms with E-state index in [1.54, 1.807) is 0 Å². The van der Waals surface area contributed by atoms with E-state index in [2.05, 4.69) is 42.2 Å². The number of aliphatic hydroxyl groups excluding tert-OH is 2. The van der Waals surface area contributed by atoms with Crippen LogP contribution in [0.4, 0.5) is 11.8 Å². The van der Waals surface area contributed by atoms with E-state index in [0.29, 0.717) is 0 Å². The minimum Gasteiger partial charge on any atom is -0.387 e. The molecule has 7 heterocycles. The molecule has 25 heteroatoms. The van der Waals surface area contributed by atoms with Crippen LogP contribution in [0.3, 0.4) is 0 Å². The average molecular weight is 707 g/mol. The molecule has 0 aromatic carbocycles. The minimum absolute atomic E-state index is 0.0310. The van der Waals surface area contributed by atoms with Crippen molar-refractivity contribution in [1.82, 2.24) is 39.0 Å². The summed E-state index contributed by atoms with van der Waals surface area (Å²) in [6.07, 6.45) is -7.27. The number of hydrogen-bond acceptors (Lipinski definition) is 18. The molecule has 0 amide bonds. The Morgan fingerprint density at radius 3 is 2.40 bits per heavy atom. The molecule has 4 aromatic heterocycles. The first kappa shape index (κ1) is 31.0. The van der Waals surface area contributed by atoms with Crippen LogP contribution in [0.15, 0.2) is 23.8 Å². The number of nitrogens with two attached hydrogens (primary N) is 2. The van der Waals surface area contributed by atoms with Crippen molar-refractivity contribution in [2.45, 2.75) is 49.1 Å². The van der Waals surface area contributed by atoms with E-state index >= 15 is 0 Å². The van der Waals surface area contributed by atoms with Gasteiger partial charge in [0.2, 0.25) is 5.95 Å². The smallest absolute Gasteiger partial charge is 0.386 e. The third-order valence-electron chi connectivity index (χ3n) is 7.32. The molecule has 242 valence electrons. The molecular weight excluding hydrogens is 682 g/mol. The minimum atomic E-state index is -4.37. The van der Waals surface area contributed by atoms with Crippen molar-refractivity contribution in [3.63, 3.8) is 0 Å². The normalized spacial score (nSPS) is 37.7. The average Bonchev–Trinajstić information content (AvgIpc) is 3.72. The molecule has 3 aliphatic rings. The number of aliphatic hydroxyl groups is 2. The van der Waals surface area contributed by atoms with Gasteiger partial charge in [-0.05, 0) is 11.8 Å². The number of nitrogens with one attached hydrogen (secondary N) is 1. The first-order valence-corrected chi connectivity index (χ1v) is 18.2. The SMILES string of the molecule is Nc1nc2c(ncn2[C@@H]2O[C@@H]3COP(O)(=S)OC4C(O)[C@H](n5cnc6c(N)ncnc65)O[C@@H]4COP(=O)(S)OC2C3O)c(=O)[nH]1. The van der Waals surface area contributed by atoms with Gasteiger partial charge in [0.15, 0.2) is 35.1 Å². The molecule has 6 unspecified atom stereocenters. The van der Waals surface area contributed by atoms with E-state index in [9.17, 15) is 24.5 Å². The summed E-state index contributed by atoms with van der Waals surface area (Å²) in [4.78, 5) is 45.9. The number of aromatic amines is 1. The van der Waals surface area contributed by atoms with E-state index in [1.807, 2.05) is 0 Å². The number of ether oxygens (including phenoxy) is 2. The second kappa shape index (κ2) is 11.3. The van der Waals surface area contributed by atoms with Crippen LogP contribution in [0.5, 0.6) is 0 Å². The Labute approximate surface area is 260 Å². The molecule has 3 saturated heterocycles. The van der Waals surface area contributed by atoms with Crippen molar-refractivity contribution in [1.29, 1.82) is 0 Å². The standard InChI is InChI=1S/C20H24N10O11P2S2/c21-14-8-15(24-3-23-14)29(4-25-8)18-11(32)12-7(39-18)2-37-43(35,45)41-13-10(31)6(1-36-42(34,44)40-12)38-19(13)30-5-26-9-16(30)27-20(22)28-17(9)33/h3-7,10-13,18-19,31-32H,1-2H2,(H,34,44)(H,35,45)(H2,21,23,24)(H3,22,27,28,33)/t6-,7-,10?,11?,12?,13?,18-,19-,42?,43?/m1/s1. The summed E-state index contributed by atoms with van der Waals surface area (Å²) in [7, 11) is 0. The zero-order chi connectivity index (χ0) is 31.8. The fourth-order valence-corrected chi connectivity index (χ4v) is 8.20. The highest BCUT2D eigenvalue weighted by atomic mass is 32.7. The van der Waals surface area contributed by atoms with Crippen LogP contribution in [-0.4, -0.2) is 104 Å². The second-order valence-corrected chi connectivity index (χ2v) is 15.8. The van der Waals surface area contributed by atoms with Crippen LogP contribution < -0.4 is 17.0 Å².